The number of amides is 1. The maximum atomic E-state index is 11.9. The summed E-state index contributed by atoms with van der Waals surface area (Å²) in [4.78, 5) is 11.9. The molecule has 0 saturated carbocycles. The van der Waals surface area contributed by atoms with Gasteiger partial charge < -0.3 is 25.8 Å². The minimum Gasteiger partial charge on any atom is -0.454 e. The van der Waals surface area contributed by atoms with Crippen LogP contribution in [0.4, 0.5) is 17.1 Å². The Balaban J connectivity index is 1.94. The second kappa shape index (κ2) is 5.24. The lowest BCUT2D eigenvalue weighted by molar-refractivity contribution is 0.0964. The molecule has 0 radical (unpaired) electrons. The van der Waals surface area contributed by atoms with E-state index in [0.717, 1.165) is 5.69 Å². The van der Waals surface area contributed by atoms with E-state index in [0.29, 0.717) is 28.4 Å². The summed E-state index contributed by atoms with van der Waals surface area (Å²) in [6.07, 6.45) is 0. The van der Waals surface area contributed by atoms with Crippen LogP contribution in [-0.4, -0.2) is 19.7 Å². The third-order valence-electron chi connectivity index (χ3n) is 3.17. The van der Waals surface area contributed by atoms with Crippen LogP contribution >= 0.6 is 0 Å². The summed E-state index contributed by atoms with van der Waals surface area (Å²) in [6.45, 7) is 0.223. The smallest absolute Gasteiger partial charge is 0.253 e. The highest BCUT2D eigenvalue weighted by atomic mass is 16.7. The zero-order valence-corrected chi connectivity index (χ0v) is 11.5. The third kappa shape index (κ3) is 2.55. The molecule has 108 valence electrons. The van der Waals surface area contributed by atoms with Crippen LogP contribution in [0.25, 0.3) is 0 Å². The summed E-state index contributed by atoms with van der Waals surface area (Å²) >= 11 is 0. The first-order chi connectivity index (χ1) is 10.2. The number of carbonyl (C=O) groups excluding carboxylic acids is 1. The van der Waals surface area contributed by atoms with E-state index in [1.165, 1.54) is 0 Å². The summed E-state index contributed by atoms with van der Waals surface area (Å²) < 4.78 is 10.6. The molecule has 1 amide bonds. The molecular formula is C15H15N3O3. The van der Waals surface area contributed by atoms with Crippen molar-refractivity contribution in [1.82, 2.24) is 5.32 Å². The Morgan fingerprint density at radius 1 is 1.14 bits per heavy atom. The number of rotatable bonds is 3. The van der Waals surface area contributed by atoms with Gasteiger partial charge in [0.1, 0.15) is 0 Å². The molecule has 1 aliphatic rings. The molecule has 0 fully saturated rings. The van der Waals surface area contributed by atoms with Crippen molar-refractivity contribution >= 4 is 23.0 Å². The molecule has 0 spiro atoms. The topological polar surface area (TPSA) is 85.6 Å². The van der Waals surface area contributed by atoms with Crippen molar-refractivity contribution in [3.8, 4) is 11.5 Å². The number of hydrogen-bond acceptors (Lipinski definition) is 5. The minimum atomic E-state index is -0.182. The van der Waals surface area contributed by atoms with E-state index in [2.05, 4.69) is 10.6 Å². The number of nitrogens with two attached hydrogens (primary N) is 1. The number of anilines is 3. The van der Waals surface area contributed by atoms with E-state index in [1.54, 1.807) is 25.2 Å². The van der Waals surface area contributed by atoms with E-state index >= 15 is 0 Å². The molecule has 0 aliphatic carbocycles. The van der Waals surface area contributed by atoms with Gasteiger partial charge in [-0.05, 0) is 30.3 Å². The van der Waals surface area contributed by atoms with Gasteiger partial charge in [0.15, 0.2) is 11.5 Å². The summed E-state index contributed by atoms with van der Waals surface area (Å²) in [5, 5.41) is 5.79. The van der Waals surface area contributed by atoms with Gasteiger partial charge in [0.2, 0.25) is 6.79 Å². The van der Waals surface area contributed by atoms with Gasteiger partial charge in [-0.3, -0.25) is 4.79 Å². The van der Waals surface area contributed by atoms with Crippen molar-refractivity contribution in [1.29, 1.82) is 0 Å². The number of ether oxygens (including phenoxy) is 2. The lowest BCUT2D eigenvalue weighted by Crippen LogP contribution is -2.19. The number of nitrogen functional groups attached to an aromatic ring is 1. The Hall–Kier alpha value is -2.89. The zero-order valence-electron chi connectivity index (χ0n) is 11.5. The molecule has 2 aromatic rings. The van der Waals surface area contributed by atoms with Gasteiger partial charge in [0.05, 0.1) is 11.3 Å². The molecule has 0 bridgehead atoms. The highest BCUT2D eigenvalue weighted by molar-refractivity contribution is 6.00. The van der Waals surface area contributed by atoms with Crippen LogP contribution in [0.15, 0.2) is 36.4 Å². The van der Waals surface area contributed by atoms with Gasteiger partial charge in [-0.15, -0.1) is 0 Å². The van der Waals surface area contributed by atoms with Gasteiger partial charge in [0, 0.05) is 24.5 Å². The van der Waals surface area contributed by atoms with E-state index < -0.39 is 0 Å². The van der Waals surface area contributed by atoms with Gasteiger partial charge in [-0.2, -0.15) is 0 Å². The van der Waals surface area contributed by atoms with Crippen molar-refractivity contribution in [2.24, 2.45) is 0 Å². The number of carbonyl (C=O) groups is 1. The Morgan fingerprint density at radius 2 is 1.95 bits per heavy atom. The van der Waals surface area contributed by atoms with E-state index in [-0.39, 0.29) is 12.7 Å². The van der Waals surface area contributed by atoms with Crippen LogP contribution in [0.3, 0.4) is 0 Å². The SMILES string of the molecule is CNC(=O)c1ccc(N)cc1Nc1ccc2c(c1)OCO2. The molecule has 6 heteroatoms. The van der Waals surface area contributed by atoms with Gasteiger partial charge >= 0.3 is 0 Å². The van der Waals surface area contributed by atoms with Crippen LogP contribution < -0.4 is 25.8 Å². The summed E-state index contributed by atoms with van der Waals surface area (Å²) in [7, 11) is 1.59. The summed E-state index contributed by atoms with van der Waals surface area (Å²) in [6, 6.07) is 10.6. The lowest BCUT2D eigenvalue weighted by atomic mass is 10.1. The van der Waals surface area contributed by atoms with Crippen molar-refractivity contribution < 1.29 is 14.3 Å². The molecule has 0 unspecified atom stereocenters. The zero-order chi connectivity index (χ0) is 14.8. The Kier molecular flexibility index (Phi) is 3.27. The predicted octanol–water partition coefficient (Wildman–Crippen LogP) is 2.10. The number of nitrogens with one attached hydrogen (secondary N) is 2. The second-order valence-corrected chi connectivity index (χ2v) is 4.58. The molecule has 3 rings (SSSR count). The highest BCUT2D eigenvalue weighted by Crippen LogP contribution is 2.35. The fourth-order valence-corrected chi connectivity index (χ4v) is 2.13. The predicted molar refractivity (Wildman–Crippen MR) is 80.1 cm³/mol. The molecule has 1 aliphatic heterocycles. The molecular weight excluding hydrogens is 270 g/mol. The average Bonchev–Trinajstić information content (AvgIpc) is 2.94. The first-order valence-electron chi connectivity index (χ1n) is 6.45. The van der Waals surface area contributed by atoms with Crippen molar-refractivity contribution in [2.45, 2.75) is 0 Å². The average molecular weight is 285 g/mol. The normalized spacial score (nSPS) is 12.0. The van der Waals surface area contributed by atoms with Crippen LogP contribution in [0.5, 0.6) is 11.5 Å². The molecule has 6 nitrogen and oxygen atoms in total. The maximum absolute atomic E-state index is 11.9. The fraction of sp³-hybridized carbons (Fsp3) is 0.133. The first kappa shape index (κ1) is 13.1. The first-order valence-corrected chi connectivity index (χ1v) is 6.45. The van der Waals surface area contributed by atoms with Crippen molar-refractivity contribution in [3.63, 3.8) is 0 Å². The monoisotopic (exact) mass is 285 g/mol. The van der Waals surface area contributed by atoms with Gasteiger partial charge in [0.25, 0.3) is 5.91 Å². The largest absolute Gasteiger partial charge is 0.454 e. The van der Waals surface area contributed by atoms with Crippen LogP contribution in [0.2, 0.25) is 0 Å². The standard InChI is InChI=1S/C15H15N3O3/c1-17-15(19)11-4-2-9(16)6-12(11)18-10-3-5-13-14(7-10)21-8-20-13/h2-7,18H,8,16H2,1H3,(H,17,19). The van der Waals surface area contributed by atoms with Crippen LogP contribution in [-0.2, 0) is 0 Å². The van der Waals surface area contributed by atoms with E-state index in [1.807, 2.05) is 18.2 Å². The molecule has 2 aromatic carbocycles. The molecule has 0 saturated heterocycles. The number of hydrogen-bond donors (Lipinski definition) is 3. The molecule has 0 atom stereocenters. The van der Waals surface area contributed by atoms with Gasteiger partial charge in [-0.1, -0.05) is 0 Å². The Bertz CT molecular complexity index is 701. The molecule has 0 aromatic heterocycles. The highest BCUT2D eigenvalue weighted by Gasteiger charge is 2.15. The van der Waals surface area contributed by atoms with Gasteiger partial charge in [-0.25, -0.2) is 0 Å². The third-order valence-corrected chi connectivity index (χ3v) is 3.17. The Labute approximate surface area is 121 Å². The molecule has 21 heavy (non-hydrogen) atoms. The summed E-state index contributed by atoms with van der Waals surface area (Å²) in [5.41, 5.74) is 8.31. The molecule has 1 heterocycles. The van der Waals surface area contributed by atoms with Crippen molar-refractivity contribution in [3.05, 3.63) is 42.0 Å². The van der Waals surface area contributed by atoms with E-state index in [9.17, 15) is 4.79 Å². The van der Waals surface area contributed by atoms with Crippen molar-refractivity contribution in [2.75, 3.05) is 24.9 Å². The minimum absolute atomic E-state index is 0.182. The lowest BCUT2D eigenvalue weighted by Gasteiger charge is -2.12. The fourth-order valence-electron chi connectivity index (χ4n) is 2.13. The van der Waals surface area contributed by atoms with Crippen LogP contribution in [0.1, 0.15) is 10.4 Å². The Morgan fingerprint density at radius 3 is 2.76 bits per heavy atom. The van der Waals surface area contributed by atoms with E-state index in [4.69, 9.17) is 15.2 Å². The number of benzene rings is 2. The maximum Gasteiger partial charge on any atom is 0.253 e. The number of fused-ring (bicyclic) bond motifs is 1. The molecule has 4 N–H and O–H groups in total. The quantitative estimate of drug-likeness (QED) is 0.752. The van der Waals surface area contributed by atoms with Crippen LogP contribution in [0, 0.1) is 0 Å². The second-order valence-electron chi connectivity index (χ2n) is 4.58. The summed E-state index contributed by atoms with van der Waals surface area (Å²) in [5.74, 6) is 1.20.